The fraction of sp³-hybridized carbons (Fsp3) is 0.267. The molecule has 0 saturated heterocycles. The van der Waals surface area contributed by atoms with E-state index in [1.807, 2.05) is 43.3 Å². The van der Waals surface area contributed by atoms with E-state index in [0.717, 1.165) is 10.6 Å². The molecule has 0 radical (unpaired) electrons. The van der Waals surface area contributed by atoms with Crippen molar-refractivity contribution in [3.05, 3.63) is 48.6 Å². The zero-order chi connectivity index (χ0) is 15.0. The standard InChI is InChI=1S/C15H19NO3S/c1-16(2)13-8-10-14(11-9-13)20(18)12-6-4-5-7-15(17)19-3/h4-11H,12H2,1-3H3/b6-4+,7-5+. The van der Waals surface area contributed by atoms with Crippen LogP contribution in [0, 0.1) is 0 Å². The summed E-state index contributed by atoms with van der Waals surface area (Å²) in [5, 5.41) is 0. The first-order valence-corrected chi connectivity index (χ1v) is 7.43. The van der Waals surface area contributed by atoms with Gasteiger partial charge >= 0.3 is 5.97 Å². The minimum atomic E-state index is -1.08. The lowest BCUT2D eigenvalue weighted by atomic mass is 10.3. The predicted molar refractivity (Wildman–Crippen MR) is 82.3 cm³/mol. The molecule has 0 bridgehead atoms. The van der Waals surface area contributed by atoms with Gasteiger partial charge in [0.05, 0.1) is 17.9 Å². The average Bonchev–Trinajstić information content (AvgIpc) is 2.46. The molecule has 4 nitrogen and oxygen atoms in total. The second-order valence-corrected chi connectivity index (χ2v) is 5.71. The van der Waals surface area contributed by atoms with Gasteiger partial charge in [0.15, 0.2) is 0 Å². The molecule has 0 N–H and O–H groups in total. The number of esters is 1. The average molecular weight is 293 g/mol. The van der Waals surface area contributed by atoms with Gasteiger partial charge < -0.3 is 9.64 Å². The highest BCUT2D eigenvalue weighted by Gasteiger charge is 2.02. The van der Waals surface area contributed by atoms with Crippen molar-refractivity contribution >= 4 is 22.5 Å². The second kappa shape index (κ2) is 8.32. The van der Waals surface area contributed by atoms with Crippen LogP contribution in [0.15, 0.2) is 53.5 Å². The van der Waals surface area contributed by atoms with Crippen molar-refractivity contribution in [2.45, 2.75) is 4.90 Å². The number of carbonyl (C=O) groups is 1. The molecule has 0 spiro atoms. The monoisotopic (exact) mass is 293 g/mol. The van der Waals surface area contributed by atoms with Gasteiger partial charge in [-0.3, -0.25) is 4.21 Å². The van der Waals surface area contributed by atoms with Crippen LogP contribution in [-0.4, -0.2) is 37.1 Å². The summed E-state index contributed by atoms with van der Waals surface area (Å²) in [5.74, 6) is 0.00218. The van der Waals surface area contributed by atoms with Crippen LogP contribution in [0.25, 0.3) is 0 Å². The summed E-state index contributed by atoms with van der Waals surface area (Å²) < 4.78 is 16.5. The molecule has 108 valence electrons. The van der Waals surface area contributed by atoms with E-state index in [-0.39, 0.29) is 0 Å². The Morgan fingerprint density at radius 1 is 1.25 bits per heavy atom. The van der Waals surface area contributed by atoms with Crippen LogP contribution < -0.4 is 4.90 Å². The molecule has 0 aromatic heterocycles. The molecule has 0 aliphatic rings. The molecule has 20 heavy (non-hydrogen) atoms. The molecule has 1 aromatic carbocycles. The van der Waals surface area contributed by atoms with Crippen LogP contribution in [-0.2, 0) is 20.3 Å². The predicted octanol–water partition coefficient (Wildman–Crippen LogP) is 2.15. The fourth-order valence-electron chi connectivity index (χ4n) is 1.42. The van der Waals surface area contributed by atoms with E-state index in [1.54, 1.807) is 18.2 Å². The Kier molecular flexibility index (Phi) is 6.73. The minimum absolute atomic E-state index is 0.407. The van der Waals surface area contributed by atoms with Crippen molar-refractivity contribution in [2.24, 2.45) is 0 Å². The highest BCUT2D eigenvalue weighted by atomic mass is 32.2. The maximum atomic E-state index is 12.0. The van der Waals surface area contributed by atoms with E-state index in [4.69, 9.17) is 0 Å². The lowest BCUT2D eigenvalue weighted by Crippen LogP contribution is -2.08. The first-order valence-electron chi connectivity index (χ1n) is 6.11. The van der Waals surface area contributed by atoms with Crippen molar-refractivity contribution in [1.82, 2.24) is 0 Å². The maximum absolute atomic E-state index is 12.0. The molecule has 0 saturated carbocycles. The first-order chi connectivity index (χ1) is 9.54. The summed E-state index contributed by atoms with van der Waals surface area (Å²) in [6, 6.07) is 7.61. The number of benzene rings is 1. The van der Waals surface area contributed by atoms with Crippen LogP contribution in [0.4, 0.5) is 5.69 Å². The summed E-state index contributed by atoms with van der Waals surface area (Å²) in [7, 11) is 4.17. The summed E-state index contributed by atoms with van der Waals surface area (Å²) in [4.78, 5) is 13.6. The van der Waals surface area contributed by atoms with Gasteiger partial charge in [-0.1, -0.05) is 18.2 Å². The van der Waals surface area contributed by atoms with Crippen LogP contribution >= 0.6 is 0 Å². The Labute approximate surface area is 122 Å². The van der Waals surface area contributed by atoms with Gasteiger partial charge in [0.2, 0.25) is 0 Å². The lowest BCUT2D eigenvalue weighted by Gasteiger charge is -2.12. The summed E-state index contributed by atoms with van der Waals surface area (Å²) >= 11 is 0. The smallest absolute Gasteiger partial charge is 0.330 e. The third-order valence-electron chi connectivity index (χ3n) is 2.54. The van der Waals surface area contributed by atoms with Crippen molar-refractivity contribution in [1.29, 1.82) is 0 Å². The highest BCUT2D eigenvalue weighted by molar-refractivity contribution is 7.85. The summed E-state index contributed by atoms with van der Waals surface area (Å²) in [5.41, 5.74) is 1.07. The van der Waals surface area contributed by atoms with E-state index < -0.39 is 16.8 Å². The largest absolute Gasteiger partial charge is 0.466 e. The van der Waals surface area contributed by atoms with Crippen molar-refractivity contribution in [2.75, 3.05) is 31.9 Å². The minimum Gasteiger partial charge on any atom is -0.466 e. The molecule has 0 amide bonds. The number of methoxy groups -OCH3 is 1. The van der Waals surface area contributed by atoms with Gasteiger partial charge in [0, 0.05) is 36.5 Å². The number of nitrogens with zero attached hydrogens (tertiary/aromatic N) is 1. The normalized spacial score (nSPS) is 12.8. The van der Waals surface area contributed by atoms with Gasteiger partial charge in [-0.2, -0.15) is 0 Å². The molecule has 1 aromatic rings. The maximum Gasteiger partial charge on any atom is 0.330 e. The zero-order valence-corrected chi connectivity index (χ0v) is 12.7. The van der Waals surface area contributed by atoms with E-state index in [2.05, 4.69) is 4.74 Å². The number of carbonyl (C=O) groups excluding carboxylic acids is 1. The summed E-state index contributed by atoms with van der Waals surface area (Å²) in [6.45, 7) is 0. The van der Waals surface area contributed by atoms with Gasteiger partial charge in [0.25, 0.3) is 0 Å². The first kappa shape index (κ1) is 16.2. The Bertz CT molecular complexity index is 518. The number of anilines is 1. The van der Waals surface area contributed by atoms with Crippen molar-refractivity contribution < 1.29 is 13.7 Å². The SMILES string of the molecule is COC(=O)/C=C/C=C/CS(=O)c1ccc(N(C)C)cc1. The lowest BCUT2D eigenvalue weighted by molar-refractivity contribution is -0.134. The van der Waals surface area contributed by atoms with E-state index in [9.17, 15) is 9.00 Å². The molecule has 1 unspecified atom stereocenters. The number of hydrogen-bond acceptors (Lipinski definition) is 4. The van der Waals surface area contributed by atoms with Gasteiger partial charge in [-0.25, -0.2) is 4.79 Å². The van der Waals surface area contributed by atoms with Gasteiger partial charge in [-0.05, 0) is 24.3 Å². The molecule has 5 heteroatoms. The Hall–Kier alpha value is -1.88. The fourth-order valence-corrected chi connectivity index (χ4v) is 2.33. The molecule has 1 atom stereocenters. The van der Waals surface area contributed by atoms with Gasteiger partial charge in [-0.15, -0.1) is 0 Å². The third-order valence-corrected chi connectivity index (χ3v) is 3.84. The zero-order valence-electron chi connectivity index (χ0n) is 11.9. The van der Waals surface area contributed by atoms with Crippen molar-refractivity contribution in [3.63, 3.8) is 0 Å². The Morgan fingerprint density at radius 3 is 2.45 bits per heavy atom. The number of allylic oxidation sites excluding steroid dienone is 2. The molecular formula is C15H19NO3S. The van der Waals surface area contributed by atoms with E-state index in [1.165, 1.54) is 13.2 Å². The Balaban J connectivity index is 2.52. The van der Waals surface area contributed by atoms with Crippen LogP contribution in [0.5, 0.6) is 0 Å². The van der Waals surface area contributed by atoms with E-state index >= 15 is 0 Å². The van der Waals surface area contributed by atoms with Crippen LogP contribution in [0.3, 0.4) is 0 Å². The number of hydrogen-bond donors (Lipinski definition) is 0. The molecule has 0 aliphatic carbocycles. The number of ether oxygens (including phenoxy) is 1. The molecular weight excluding hydrogens is 274 g/mol. The Morgan fingerprint density at radius 2 is 1.90 bits per heavy atom. The molecule has 0 heterocycles. The molecule has 1 rings (SSSR count). The van der Waals surface area contributed by atoms with Gasteiger partial charge in [0.1, 0.15) is 0 Å². The molecule has 0 fully saturated rings. The second-order valence-electron chi connectivity index (χ2n) is 4.21. The number of rotatable bonds is 6. The van der Waals surface area contributed by atoms with Crippen LogP contribution in [0.1, 0.15) is 0 Å². The third kappa shape index (κ3) is 5.40. The molecule has 0 aliphatic heterocycles. The van der Waals surface area contributed by atoms with E-state index in [0.29, 0.717) is 5.75 Å². The highest BCUT2D eigenvalue weighted by Crippen LogP contribution is 2.14. The summed E-state index contributed by atoms with van der Waals surface area (Å²) in [6.07, 6.45) is 6.32. The van der Waals surface area contributed by atoms with Crippen LogP contribution in [0.2, 0.25) is 0 Å². The topological polar surface area (TPSA) is 46.6 Å². The quantitative estimate of drug-likeness (QED) is 0.458. The van der Waals surface area contributed by atoms with Crippen molar-refractivity contribution in [3.8, 4) is 0 Å².